The molecule has 0 spiro atoms. The molecule has 0 aromatic heterocycles. The summed E-state index contributed by atoms with van der Waals surface area (Å²) >= 11 is 0. The molecule has 0 bridgehead atoms. The lowest BCUT2D eigenvalue weighted by molar-refractivity contribution is 0.372. The molecule has 3 aliphatic rings. The lowest BCUT2D eigenvalue weighted by Crippen LogP contribution is -2.27. The molecule has 5 aromatic carbocycles. The van der Waals surface area contributed by atoms with E-state index in [-0.39, 0.29) is 57.0 Å². The van der Waals surface area contributed by atoms with Crippen molar-refractivity contribution < 1.29 is 24.4 Å². The van der Waals surface area contributed by atoms with Crippen LogP contribution in [0.2, 0.25) is 0 Å². The first kappa shape index (κ1) is 28.7. The van der Waals surface area contributed by atoms with Crippen molar-refractivity contribution in [1.82, 2.24) is 0 Å². The van der Waals surface area contributed by atoms with Gasteiger partial charge in [-0.3, -0.25) is 14.6 Å². The number of phenols is 2. The SMILES string of the molecule is COc1c(O)c2c(=O)cc(OC)c3c4c(OC)cc(=O)c5c(O)c(NC6CCC6)c6c(c(c1C(/C(C)=N/C1CCC1)C(C)=C6)c23)c54. The smallest absolute Gasteiger partial charge is 0.194 e. The first-order valence-corrected chi connectivity index (χ1v) is 15.9. The Labute approximate surface area is 264 Å². The van der Waals surface area contributed by atoms with Crippen molar-refractivity contribution in [2.75, 3.05) is 26.6 Å². The summed E-state index contributed by atoms with van der Waals surface area (Å²) < 4.78 is 17.7. The third-order valence-corrected chi connectivity index (χ3v) is 10.6. The second-order valence-electron chi connectivity index (χ2n) is 13.0. The number of phenolic OH excluding ortho intramolecular Hbond substituents is 2. The molecule has 9 nitrogen and oxygen atoms in total. The monoisotopic (exact) mass is 620 g/mol. The fourth-order valence-electron chi connectivity index (χ4n) is 8.06. The summed E-state index contributed by atoms with van der Waals surface area (Å²) in [5.41, 5.74) is 2.83. The maximum absolute atomic E-state index is 13.9. The fourth-order valence-corrected chi connectivity index (χ4v) is 8.06. The van der Waals surface area contributed by atoms with Crippen LogP contribution in [0.3, 0.4) is 0 Å². The van der Waals surface area contributed by atoms with E-state index in [9.17, 15) is 19.8 Å². The van der Waals surface area contributed by atoms with Gasteiger partial charge in [-0.05, 0) is 57.8 Å². The van der Waals surface area contributed by atoms with Gasteiger partial charge in [-0.2, -0.15) is 0 Å². The summed E-state index contributed by atoms with van der Waals surface area (Å²) in [5, 5.41) is 31.2. The molecule has 9 heteroatoms. The Bertz CT molecular complexity index is 2300. The summed E-state index contributed by atoms with van der Waals surface area (Å²) in [6.45, 7) is 4.03. The number of methoxy groups -OCH3 is 3. The third kappa shape index (κ3) is 3.65. The van der Waals surface area contributed by atoms with E-state index in [0.29, 0.717) is 49.1 Å². The van der Waals surface area contributed by atoms with E-state index >= 15 is 0 Å². The molecule has 3 N–H and O–H groups in total. The Balaban J connectivity index is 1.73. The van der Waals surface area contributed by atoms with Gasteiger partial charge in [-0.25, -0.2) is 0 Å². The summed E-state index contributed by atoms with van der Waals surface area (Å²) in [7, 11) is 4.46. The summed E-state index contributed by atoms with van der Waals surface area (Å²) in [5.74, 6) is -0.0558. The highest BCUT2D eigenvalue weighted by atomic mass is 16.5. The number of ether oxygens (including phenoxy) is 3. The first-order chi connectivity index (χ1) is 22.2. The molecule has 1 unspecified atom stereocenters. The van der Waals surface area contributed by atoms with Crippen molar-refractivity contribution in [3.8, 4) is 28.7 Å². The molecule has 2 saturated carbocycles. The number of anilines is 1. The molecule has 2 fully saturated rings. The van der Waals surface area contributed by atoms with E-state index in [1.54, 1.807) is 0 Å². The van der Waals surface area contributed by atoms with E-state index in [2.05, 4.69) is 11.4 Å². The Morgan fingerprint density at radius 2 is 1.37 bits per heavy atom. The molecule has 236 valence electrons. The fraction of sp³-hybridized carbons (Fsp3) is 0.378. The van der Waals surface area contributed by atoms with Crippen LogP contribution in [0.15, 0.2) is 32.3 Å². The van der Waals surface area contributed by atoms with Crippen LogP contribution in [-0.4, -0.2) is 49.3 Å². The normalized spacial score (nSPS) is 18.7. The maximum Gasteiger partial charge on any atom is 0.194 e. The Hall–Kier alpha value is -4.79. The largest absolute Gasteiger partial charge is 0.505 e. The molecule has 0 heterocycles. The lowest BCUT2D eigenvalue weighted by atomic mass is 9.80. The molecule has 46 heavy (non-hydrogen) atoms. The van der Waals surface area contributed by atoms with Gasteiger partial charge in [-0.15, -0.1) is 0 Å². The Morgan fingerprint density at radius 3 is 1.89 bits per heavy atom. The lowest BCUT2D eigenvalue weighted by Gasteiger charge is -2.30. The van der Waals surface area contributed by atoms with Crippen LogP contribution < -0.4 is 30.4 Å². The number of rotatable bonds is 7. The van der Waals surface area contributed by atoms with Gasteiger partial charge < -0.3 is 29.7 Å². The zero-order chi connectivity index (χ0) is 32.2. The van der Waals surface area contributed by atoms with E-state index < -0.39 is 11.3 Å². The van der Waals surface area contributed by atoms with E-state index in [1.165, 1.54) is 33.5 Å². The highest BCUT2D eigenvalue weighted by molar-refractivity contribution is 6.40. The number of nitrogens with zero attached hydrogens (tertiary/aromatic N) is 1. The molecule has 0 radical (unpaired) electrons. The Kier molecular flexibility index (Phi) is 6.30. The maximum atomic E-state index is 13.9. The van der Waals surface area contributed by atoms with Gasteiger partial charge in [-0.1, -0.05) is 11.6 Å². The van der Waals surface area contributed by atoms with Crippen LogP contribution in [-0.2, 0) is 0 Å². The number of nitrogens with one attached hydrogen (secondary N) is 1. The topological polar surface area (TPSA) is 127 Å². The summed E-state index contributed by atoms with van der Waals surface area (Å²) in [6.07, 6.45) is 8.20. The minimum Gasteiger partial charge on any atom is -0.505 e. The highest BCUT2D eigenvalue weighted by Gasteiger charge is 2.37. The van der Waals surface area contributed by atoms with Gasteiger partial charge in [0.2, 0.25) is 0 Å². The van der Waals surface area contributed by atoms with E-state index in [0.717, 1.165) is 49.8 Å². The van der Waals surface area contributed by atoms with Gasteiger partial charge in [0.1, 0.15) is 11.5 Å². The molecule has 0 saturated heterocycles. The van der Waals surface area contributed by atoms with Crippen molar-refractivity contribution in [3.63, 3.8) is 0 Å². The van der Waals surface area contributed by atoms with Crippen molar-refractivity contribution >= 4 is 60.6 Å². The molecule has 0 amide bonds. The average Bonchev–Trinajstić information content (AvgIpc) is 3.11. The van der Waals surface area contributed by atoms with Gasteiger partial charge in [0, 0.05) is 73.9 Å². The molecular formula is C37H36N2O7. The van der Waals surface area contributed by atoms with E-state index in [4.69, 9.17) is 19.2 Å². The van der Waals surface area contributed by atoms with Gasteiger partial charge >= 0.3 is 0 Å². The minimum absolute atomic E-state index is 0.0952. The summed E-state index contributed by atoms with van der Waals surface area (Å²) in [6, 6.07) is 3.09. The number of hydrogen-bond acceptors (Lipinski definition) is 9. The first-order valence-electron chi connectivity index (χ1n) is 15.9. The van der Waals surface area contributed by atoms with Crippen molar-refractivity contribution in [1.29, 1.82) is 0 Å². The minimum atomic E-state index is -0.424. The van der Waals surface area contributed by atoms with Gasteiger partial charge in [0.25, 0.3) is 0 Å². The summed E-state index contributed by atoms with van der Waals surface area (Å²) in [4.78, 5) is 32.9. The zero-order valence-corrected chi connectivity index (χ0v) is 26.6. The molecule has 0 aliphatic heterocycles. The average molecular weight is 621 g/mol. The molecular weight excluding hydrogens is 584 g/mol. The molecule has 5 aromatic rings. The second kappa shape index (κ2) is 10.1. The molecule has 1 atom stereocenters. The van der Waals surface area contributed by atoms with Crippen LogP contribution >= 0.6 is 0 Å². The second-order valence-corrected chi connectivity index (χ2v) is 13.0. The third-order valence-electron chi connectivity index (χ3n) is 10.6. The van der Waals surface area contributed by atoms with Crippen LogP contribution in [0.4, 0.5) is 5.69 Å². The predicted octanol–water partition coefficient (Wildman–Crippen LogP) is 6.81. The van der Waals surface area contributed by atoms with E-state index in [1.807, 2.05) is 13.8 Å². The number of hydrogen-bond donors (Lipinski definition) is 3. The molecule has 8 rings (SSSR count). The highest BCUT2D eigenvalue weighted by Crippen LogP contribution is 2.58. The number of benzene rings is 5. The number of fused-ring (bicyclic) bond motifs is 1. The van der Waals surface area contributed by atoms with Crippen molar-refractivity contribution in [2.24, 2.45) is 4.99 Å². The molecule has 3 aliphatic carbocycles. The van der Waals surface area contributed by atoms with Crippen LogP contribution in [0, 0.1) is 0 Å². The Morgan fingerprint density at radius 1 is 0.783 bits per heavy atom. The number of aromatic hydroxyl groups is 2. The standard InChI is InChI=1S/C37H36N2O7/c1-15-12-19-25-30-26(35(42)34(19)39-18-10-7-11-18)20(40)13-22(44-3)28(30)29-23(45-4)14-21(41)27-32(29)31(25)33(37(46-5)36(27)43)24(15)16(2)38-17-8-6-9-17/h12-14,17-18,24,39,42-43H,6-11H2,1-5H3/b38-16+. The van der Waals surface area contributed by atoms with Crippen LogP contribution in [0.5, 0.6) is 28.7 Å². The van der Waals surface area contributed by atoms with Crippen LogP contribution in [0.1, 0.15) is 69.4 Å². The quantitative estimate of drug-likeness (QED) is 0.0784. The van der Waals surface area contributed by atoms with Gasteiger partial charge in [0.05, 0.1) is 37.8 Å². The van der Waals surface area contributed by atoms with Crippen LogP contribution in [0.25, 0.3) is 49.2 Å². The van der Waals surface area contributed by atoms with Crippen molar-refractivity contribution in [3.05, 3.63) is 49.3 Å². The number of allylic oxidation sites excluding steroid dienone is 1. The van der Waals surface area contributed by atoms with Crippen molar-refractivity contribution in [2.45, 2.75) is 70.4 Å². The van der Waals surface area contributed by atoms with Gasteiger partial charge in [0.15, 0.2) is 28.1 Å². The zero-order valence-electron chi connectivity index (χ0n) is 26.6. The number of aliphatic imine (C=N–C) groups is 1. The predicted molar refractivity (Wildman–Crippen MR) is 183 cm³/mol.